The fourth-order valence-electron chi connectivity index (χ4n) is 2.95. The van der Waals surface area contributed by atoms with Gasteiger partial charge in [0.25, 0.3) is 5.91 Å². The Morgan fingerprint density at radius 3 is 2.00 bits per heavy atom. The normalized spacial score (nSPS) is 14.3. The highest BCUT2D eigenvalue weighted by molar-refractivity contribution is 5.95. The van der Waals surface area contributed by atoms with Crippen molar-refractivity contribution in [3.63, 3.8) is 0 Å². The van der Waals surface area contributed by atoms with Crippen molar-refractivity contribution in [1.29, 1.82) is 0 Å². The molecule has 1 saturated heterocycles. The zero-order valence-corrected chi connectivity index (χ0v) is 14.1. The maximum Gasteiger partial charge on any atom is 0.254 e. The van der Waals surface area contributed by atoms with E-state index < -0.39 is 0 Å². The first-order chi connectivity index (χ1) is 12.4. The molecule has 1 fully saturated rings. The molecule has 26 heavy (non-hydrogen) atoms. The summed E-state index contributed by atoms with van der Waals surface area (Å²) in [6.45, 7) is 1.53. The van der Waals surface area contributed by atoms with Crippen LogP contribution in [0.1, 0.15) is 15.9 Å². The number of rotatable bonds is 3. The molecule has 3 rings (SSSR count). The van der Waals surface area contributed by atoms with Crippen LogP contribution < -0.4 is 0 Å². The van der Waals surface area contributed by atoms with Crippen molar-refractivity contribution in [1.82, 2.24) is 9.80 Å². The topological polar surface area (TPSA) is 81.1 Å². The van der Waals surface area contributed by atoms with Gasteiger partial charge >= 0.3 is 0 Å². The van der Waals surface area contributed by atoms with Gasteiger partial charge in [-0.15, -0.1) is 0 Å². The first kappa shape index (κ1) is 17.7. The van der Waals surface area contributed by atoms with Crippen molar-refractivity contribution in [3.8, 4) is 11.5 Å². The van der Waals surface area contributed by atoms with Gasteiger partial charge in [-0.05, 0) is 29.8 Å². The van der Waals surface area contributed by atoms with E-state index in [1.807, 2.05) is 0 Å². The van der Waals surface area contributed by atoms with Gasteiger partial charge in [0, 0.05) is 37.8 Å². The largest absolute Gasteiger partial charge is 0.508 e. The molecule has 2 aromatic rings. The number of hydrogen-bond acceptors (Lipinski definition) is 4. The van der Waals surface area contributed by atoms with E-state index in [4.69, 9.17) is 0 Å². The van der Waals surface area contributed by atoms with E-state index in [0.29, 0.717) is 26.2 Å². The fraction of sp³-hybridized carbons (Fsp3) is 0.263. The van der Waals surface area contributed by atoms with Crippen LogP contribution in [0.3, 0.4) is 0 Å². The molecule has 0 bridgehead atoms. The average molecular weight is 358 g/mol. The zero-order valence-electron chi connectivity index (χ0n) is 14.1. The Bertz CT molecular complexity index is 795. The van der Waals surface area contributed by atoms with Crippen LogP contribution in [0.2, 0.25) is 0 Å². The molecule has 136 valence electrons. The molecule has 0 radical (unpaired) electrons. The molecular weight excluding hydrogens is 339 g/mol. The molecule has 0 saturated carbocycles. The molecule has 1 aliphatic rings. The van der Waals surface area contributed by atoms with Gasteiger partial charge in [-0.1, -0.05) is 12.1 Å². The minimum absolute atomic E-state index is 0.0706. The molecule has 7 heteroatoms. The van der Waals surface area contributed by atoms with Gasteiger partial charge in [0.1, 0.15) is 17.3 Å². The van der Waals surface area contributed by atoms with Crippen molar-refractivity contribution in [3.05, 3.63) is 59.4 Å². The van der Waals surface area contributed by atoms with Crippen molar-refractivity contribution >= 4 is 11.8 Å². The highest BCUT2D eigenvalue weighted by atomic mass is 19.1. The Balaban J connectivity index is 1.57. The summed E-state index contributed by atoms with van der Waals surface area (Å²) >= 11 is 0. The van der Waals surface area contributed by atoms with Crippen LogP contribution in [-0.2, 0) is 11.2 Å². The molecule has 6 nitrogen and oxygen atoms in total. The maximum atomic E-state index is 12.9. The maximum absolute atomic E-state index is 12.9. The summed E-state index contributed by atoms with van der Waals surface area (Å²) in [7, 11) is 0. The van der Waals surface area contributed by atoms with Crippen LogP contribution in [0, 0.1) is 5.82 Å². The second-order valence-electron chi connectivity index (χ2n) is 6.21. The molecule has 1 aliphatic heterocycles. The molecule has 0 atom stereocenters. The molecule has 1 heterocycles. The second kappa shape index (κ2) is 7.43. The standard InChI is InChI=1S/C19H19FN2O4/c20-15-3-1-13(2-4-15)9-18(25)21-5-7-22(8-6-21)19(26)14-10-16(23)12-17(24)11-14/h1-4,10-12,23-24H,5-9H2. The average Bonchev–Trinajstić information content (AvgIpc) is 2.62. The van der Waals surface area contributed by atoms with Crippen molar-refractivity contribution in [2.24, 2.45) is 0 Å². The monoisotopic (exact) mass is 358 g/mol. The lowest BCUT2D eigenvalue weighted by Crippen LogP contribution is -2.51. The van der Waals surface area contributed by atoms with Gasteiger partial charge < -0.3 is 20.0 Å². The Morgan fingerprint density at radius 1 is 0.885 bits per heavy atom. The van der Waals surface area contributed by atoms with Gasteiger partial charge in [0.2, 0.25) is 5.91 Å². The zero-order chi connectivity index (χ0) is 18.7. The molecule has 0 aromatic heterocycles. The van der Waals surface area contributed by atoms with E-state index >= 15 is 0 Å². The van der Waals surface area contributed by atoms with Crippen molar-refractivity contribution in [2.45, 2.75) is 6.42 Å². The minimum Gasteiger partial charge on any atom is -0.508 e. The number of nitrogens with zero attached hydrogens (tertiary/aromatic N) is 2. The number of phenols is 2. The number of carbonyl (C=O) groups is 2. The van der Waals surface area contributed by atoms with Crippen LogP contribution in [0.15, 0.2) is 42.5 Å². The van der Waals surface area contributed by atoms with E-state index in [-0.39, 0.29) is 41.1 Å². The number of hydrogen-bond donors (Lipinski definition) is 2. The predicted octanol–water partition coefficient (Wildman–Crippen LogP) is 1.76. The molecule has 0 unspecified atom stereocenters. The number of benzene rings is 2. The number of halogens is 1. The molecule has 0 spiro atoms. The summed E-state index contributed by atoms with van der Waals surface area (Å²) in [5, 5.41) is 19.0. The lowest BCUT2D eigenvalue weighted by Gasteiger charge is -2.35. The Labute approximate surface area is 150 Å². The summed E-state index contributed by atoms with van der Waals surface area (Å²) in [4.78, 5) is 28.1. The van der Waals surface area contributed by atoms with Crippen LogP contribution in [-0.4, -0.2) is 58.0 Å². The quantitative estimate of drug-likeness (QED) is 0.876. The van der Waals surface area contributed by atoms with Crippen LogP contribution in [0.5, 0.6) is 11.5 Å². The van der Waals surface area contributed by atoms with E-state index in [1.165, 1.54) is 24.3 Å². The predicted molar refractivity (Wildman–Crippen MR) is 92.4 cm³/mol. The van der Waals surface area contributed by atoms with E-state index in [9.17, 15) is 24.2 Å². The second-order valence-corrected chi connectivity index (χ2v) is 6.21. The molecule has 0 aliphatic carbocycles. The molecule has 2 amide bonds. The first-order valence-electron chi connectivity index (χ1n) is 8.27. The SMILES string of the molecule is O=C(Cc1ccc(F)cc1)N1CCN(C(=O)c2cc(O)cc(O)c2)CC1. The lowest BCUT2D eigenvalue weighted by molar-refractivity contribution is -0.131. The van der Waals surface area contributed by atoms with Gasteiger partial charge in [-0.2, -0.15) is 0 Å². The lowest BCUT2D eigenvalue weighted by atomic mass is 10.1. The fourth-order valence-corrected chi connectivity index (χ4v) is 2.95. The third-order valence-electron chi connectivity index (χ3n) is 4.34. The molecule has 2 aromatic carbocycles. The van der Waals surface area contributed by atoms with Gasteiger partial charge in [0.15, 0.2) is 0 Å². The number of carbonyl (C=O) groups excluding carboxylic acids is 2. The number of piperazine rings is 1. The van der Waals surface area contributed by atoms with Crippen molar-refractivity contribution in [2.75, 3.05) is 26.2 Å². The van der Waals surface area contributed by atoms with Crippen LogP contribution >= 0.6 is 0 Å². The molecular formula is C19H19FN2O4. The summed E-state index contributed by atoms with van der Waals surface area (Å²) in [6.07, 6.45) is 0.189. The highest BCUT2D eigenvalue weighted by Gasteiger charge is 2.25. The third kappa shape index (κ3) is 4.11. The van der Waals surface area contributed by atoms with Crippen molar-refractivity contribution < 1.29 is 24.2 Å². The van der Waals surface area contributed by atoms with Crippen LogP contribution in [0.4, 0.5) is 4.39 Å². The number of phenolic OH excluding ortho intramolecular Hbond substituents is 2. The summed E-state index contributed by atoms with van der Waals surface area (Å²) in [5.74, 6) is -1.07. The third-order valence-corrected chi connectivity index (χ3v) is 4.34. The van der Waals surface area contributed by atoms with Gasteiger partial charge in [0.05, 0.1) is 6.42 Å². The van der Waals surface area contributed by atoms with Crippen LogP contribution in [0.25, 0.3) is 0 Å². The highest BCUT2D eigenvalue weighted by Crippen LogP contribution is 2.22. The Kier molecular flexibility index (Phi) is 5.06. The van der Waals surface area contributed by atoms with E-state index in [0.717, 1.165) is 11.6 Å². The molecule has 2 N–H and O–H groups in total. The van der Waals surface area contributed by atoms with Gasteiger partial charge in [-0.3, -0.25) is 9.59 Å². The first-order valence-corrected chi connectivity index (χ1v) is 8.27. The number of amides is 2. The van der Waals surface area contributed by atoms with Gasteiger partial charge in [-0.25, -0.2) is 4.39 Å². The number of aromatic hydroxyl groups is 2. The van der Waals surface area contributed by atoms with E-state index in [1.54, 1.807) is 21.9 Å². The summed E-state index contributed by atoms with van der Waals surface area (Å²) < 4.78 is 12.9. The Morgan fingerprint density at radius 2 is 1.42 bits per heavy atom. The minimum atomic E-state index is -0.341. The summed E-state index contributed by atoms with van der Waals surface area (Å²) in [6, 6.07) is 9.57. The smallest absolute Gasteiger partial charge is 0.254 e. The Hall–Kier alpha value is -3.09. The van der Waals surface area contributed by atoms with E-state index in [2.05, 4.69) is 0 Å². The summed E-state index contributed by atoms with van der Waals surface area (Å²) in [5.41, 5.74) is 0.943.